The van der Waals surface area contributed by atoms with Crippen LogP contribution in [0.1, 0.15) is 64.6 Å². The molecule has 0 radical (unpaired) electrons. The molecule has 0 amide bonds. The van der Waals surface area contributed by atoms with Gasteiger partial charge in [0, 0.05) is 39.5 Å². The van der Waals surface area contributed by atoms with E-state index < -0.39 is 6.04 Å². The van der Waals surface area contributed by atoms with Crippen molar-refractivity contribution in [1.82, 2.24) is 4.57 Å². The Morgan fingerprint density at radius 3 is 2.30 bits per heavy atom. The molecule has 5 nitrogen and oxygen atoms in total. The van der Waals surface area contributed by atoms with Gasteiger partial charge in [-0.25, -0.2) is 0 Å². The summed E-state index contributed by atoms with van der Waals surface area (Å²) in [5.41, 5.74) is 3.17. The highest BCUT2D eigenvalue weighted by atomic mass is 32.1. The second kappa shape index (κ2) is 9.02. The van der Waals surface area contributed by atoms with Gasteiger partial charge in [-0.15, -0.1) is 11.3 Å². The van der Waals surface area contributed by atoms with E-state index in [4.69, 9.17) is 0 Å². The lowest BCUT2D eigenvalue weighted by atomic mass is 9.93. The zero-order chi connectivity index (χ0) is 22.9. The van der Waals surface area contributed by atoms with Gasteiger partial charge in [-0.1, -0.05) is 36.9 Å². The first kappa shape index (κ1) is 21.7. The highest BCUT2D eigenvalue weighted by Crippen LogP contribution is 2.33. The van der Waals surface area contributed by atoms with Crippen molar-refractivity contribution in [2.24, 2.45) is 11.1 Å². The molecule has 2 aromatic carbocycles. The molecule has 168 valence electrons. The summed E-state index contributed by atoms with van der Waals surface area (Å²) in [5, 5.41) is 6.97. The first-order valence-corrected chi connectivity index (χ1v) is 12.5. The molecular weight excluding hydrogens is 432 g/mol. The Morgan fingerprint density at radius 2 is 1.70 bits per heavy atom. The van der Waals surface area contributed by atoms with Crippen LogP contribution in [0.2, 0.25) is 0 Å². The number of hydrogen-bond donors (Lipinski definition) is 0. The van der Waals surface area contributed by atoms with Crippen molar-refractivity contribution in [3.63, 3.8) is 0 Å². The Bertz CT molecular complexity index is 1350. The summed E-state index contributed by atoms with van der Waals surface area (Å²) in [6.07, 6.45) is 5.02. The first-order chi connectivity index (χ1) is 16.1. The predicted molar refractivity (Wildman–Crippen MR) is 133 cm³/mol. The summed E-state index contributed by atoms with van der Waals surface area (Å²) in [5.74, 6) is 0.202. The van der Waals surface area contributed by atoms with Crippen molar-refractivity contribution in [2.75, 3.05) is 0 Å². The van der Waals surface area contributed by atoms with Gasteiger partial charge in [0.05, 0.1) is 4.88 Å². The van der Waals surface area contributed by atoms with Crippen LogP contribution < -0.4 is 0 Å². The van der Waals surface area contributed by atoms with Gasteiger partial charge in [0.1, 0.15) is 0 Å². The van der Waals surface area contributed by atoms with Crippen LogP contribution in [0.4, 0.5) is 0 Å². The Morgan fingerprint density at radius 1 is 1.03 bits per heavy atom. The molecular formula is C27H26N2O3S. The SMILES string of the molecule is CCn1c2ccc(C(=O)c3cccs3)cc2c2cc(C(=O)C(CC3CCCC3)N=O)ccc21. The normalized spacial score (nSPS) is 15.3. The highest BCUT2D eigenvalue weighted by molar-refractivity contribution is 7.12. The van der Waals surface area contributed by atoms with Crippen molar-refractivity contribution in [1.29, 1.82) is 0 Å². The van der Waals surface area contributed by atoms with E-state index in [1.807, 2.05) is 47.8 Å². The molecule has 1 aliphatic rings. The van der Waals surface area contributed by atoms with E-state index in [1.165, 1.54) is 24.2 Å². The van der Waals surface area contributed by atoms with E-state index in [-0.39, 0.29) is 11.6 Å². The lowest BCUT2D eigenvalue weighted by Gasteiger charge is -2.13. The molecule has 5 rings (SSSR count). The molecule has 6 heteroatoms. The smallest absolute Gasteiger partial charge is 0.202 e. The fraction of sp³-hybridized carbons (Fsp3) is 0.333. The van der Waals surface area contributed by atoms with Gasteiger partial charge < -0.3 is 4.57 Å². The third-order valence-corrected chi connectivity index (χ3v) is 7.80. The number of ketones is 2. The van der Waals surface area contributed by atoms with Crippen LogP contribution in [0.3, 0.4) is 0 Å². The minimum absolute atomic E-state index is 0.00156. The largest absolute Gasteiger partial charge is 0.341 e. The number of aromatic nitrogens is 1. The maximum Gasteiger partial charge on any atom is 0.202 e. The van der Waals surface area contributed by atoms with Crippen LogP contribution in [0.5, 0.6) is 0 Å². The Balaban J connectivity index is 1.57. The van der Waals surface area contributed by atoms with E-state index >= 15 is 0 Å². The Labute approximate surface area is 196 Å². The maximum absolute atomic E-state index is 13.2. The van der Waals surface area contributed by atoms with Crippen molar-refractivity contribution in [3.8, 4) is 0 Å². The van der Waals surface area contributed by atoms with Gasteiger partial charge in [0.2, 0.25) is 5.78 Å². The summed E-state index contributed by atoms with van der Waals surface area (Å²) in [7, 11) is 0. The van der Waals surface area contributed by atoms with E-state index in [1.54, 1.807) is 6.07 Å². The number of thiophene rings is 1. The molecule has 0 spiro atoms. The van der Waals surface area contributed by atoms with Crippen LogP contribution in [-0.2, 0) is 6.54 Å². The number of nitroso groups, excluding NO2 is 1. The van der Waals surface area contributed by atoms with E-state index in [0.717, 1.165) is 41.2 Å². The number of carbonyl (C=O) groups excluding carboxylic acids is 2. The number of hydrogen-bond acceptors (Lipinski definition) is 5. The zero-order valence-electron chi connectivity index (χ0n) is 18.6. The summed E-state index contributed by atoms with van der Waals surface area (Å²) >= 11 is 1.43. The topological polar surface area (TPSA) is 68.5 Å². The maximum atomic E-state index is 13.2. The number of rotatable bonds is 8. The quantitative estimate of drug-likeness (QED) is 0.211. The summed E-state index contributed by atoms with van der Waals surface area (Å²) in [6, 6.07) is 14.3. The lowest BCUT2D eigenvalue weighted by Crippen LogP contribution is -2.21. The fourth-order valence-corrected chi connectivity index (χ4v) is 5.93. The molecule has 4 aromatic rings. The molecule has 0 aliphatic heterocycles. The van der Waals surface area contributed by atoms with Crippen molar-refractivity contribution >= 4 is 44.7 Å². The van der Waals surface area contributed by atoms with E-state index in [2.05, 4.69) is 16.7 Å². The van der Waals surface area contributed by atoms with Crippen LogP contribution in [0.25, 0.3) is 21.8 Å². The molecule has 1 saturated carbocycles. The minimum atomic E-state index is -0.832. The number of carbonyl (C=O) groups is 2. The predicted octanol–water partition coefficient (Wildman–Crippen LogP) is 7.00. The molecule has 1 fully saturated rings. The molecule has 0 bridgehead atoms. The first-order valence-electron chi connectivity index (χ1n) is 11.6. The third-order valence-electron chi connectivity index (χ3n) is 6.93. The second-order valence-corrected chi connectivity index (χ2v) is 9.83. The van der Waals surface area contributed by atoms with Gasteiger partial charge >= 0.3 is 0 Å². The molecule has 0 N–H and O–H groups in total. The van der Waals surface area contributed by atoms with Crippen molar-refractivity contribution < 1.29 is 9.59 Å². The van der Waals surface area contributed by atoms with E-state index in [9.17, 15) is 14.5 Å². The van der Waals surface area contributed by atoms with Crippen molar-refractivity contribution in [2.45, 2.75) is 51.6 Å². The average molecular weight is 459 g/mol. The second-order valence-electron chi connectivity index (χ2n) is 8.89. The minimum Gasteiger partial charge on any atom is -0.341 e. The average Bonchev–Trinajstić information content (AvgIpc) is 3.61. The van der Waals surface area contributed by atoms with E-state index in [0.29, 0.717) is 28.3 Å². The van der Waals surface area contributed by atoms with Gasteiger partial charge in [-0.2, -0.15) is 4.91 Å². The molecule has 1 aliphatic carbocycles. The van der Waals surface area contributed by atoms with Crippen LogP contribution in [-0.4, -0.2) is 22.2 Å². The molecule has 2 aromatic heterocycles. The number of fused-ring (bicyclic) bond motifs is 3. The summed E-state index contributed by atoms with van der Waals surface area (Å²) in [4.78, 5) is 38.4. The molecule has 33 heavy (non-hydrogen) atoms. The number of nitrogens with zero attached hydrogens (tertiary/aromatic N) is 2. The monoisotopic (exact) mass is 458 g/mol. The van der Waals surface area contributed by atoms with Gasteiger partial charge in [0.15, 0.2) is 11.8 Å². The van der Waals surface area contributed by atoms with Crippen LogP contribution >= 0.6 is 11.3 Å². The summed E-state index contributed by atoms with van der Waals surface area (Å²) in [6.45, 7) is 2.85. The molecule has 0 saturated heterocycles. The third kappa shape index (κ3) is 3.93. The standard InChI is InChI=1S/C27H26N2O3S/c1-2-29-23-11-9-18(26(30)22(28-32)14-17-6-3-4-7-17)15-20(23)21-16-19(10-12-24(21)29)27(31)25-8-5-13-33-25/h5,8-13,15-17,22H,2-4,6-7,14H2,1H3. The molecule has 1 atom stereocenters. The number of Topliss-reactive ketones (excluding diaryl/α,β-unsaturated/α-hetero) is 1. The molecule has 1 unspecified atom stereocenters. The summed E-state index contributed by atoms with van der Waals surface area (Å²) < 4.78 is 2.19. The van der Waals surface area contributed by atoms with Crippen LogP contribution in [0, 0.1) is 10.8 Å². The van der Waals surface area contributed by atoms with Crippen molar-refractivity contribution in [3.05, 3.63) is 74.8 Å². The Hall–Kier alpha value is -3.12. The number of aryl methyl sites for hydroxylation is 1. The Kier molecular flexibility index (Phi) is 5.94. The number of benzene rings is 2. The molecule has 2 heterocycles. The van der Waals surface area contributed by atoms with Crippen LogP contribution in [0.15, 0.2) is 59.1 Å². The lowest BCUT2D eigenvalue weighted by molar-refractivity contribution is 0.0949. The van der Waals surface area contributed by atoms with Gasteiger partial charge in [-0.05, 0) is 67.1 Å². The van der Waals surface area contributed by atoms with Gasteiger partial charge in [0.25, 0.3) is 0 Å². The van der Waals surface area contributed by atoms with Gasteiger partial charge in [-0.3, -0.25) is 9.59 Å². The fourth-order valence-electron chi connectivity index (χ4n) is 5.24. The highest BCUT2D eigenvalue weighted by Gasteiger charge is 2.27. The zero-order valence-corrected chi connectivity index (χ0v) is 19.4.